The Morgan fingerprint density at radius 2 is 1.65 bits per heavy atom. The van der Waals surface area contributed by atoms with Gasteiger partial charge >= 0.3 is 0 Å². The van der Waals surface area contributed by atoms with Crippen molar-refractivity contribution in [1.29, 1.82) is 0 Å². The average Bonchev–Trinajstić information content (AvgIpc) is 2.67. The minimum atomic E-state index is 0. The third-order valence-corrected chi connectivity index (χ3v) is 3.74. The zero-order chi connectivity index (χ0) is 17.7. The highest BCUT2D eigenvalue weighted by Gasteiger charge is 2.04. The molecule has 0 saturated heterocycles. The van der Waals surface area contributed by atoms with Crippen molar-refractivity contribution >= 4 is 29.9 Å². The van der Waals surface area contributed by atoms with E-state index in [4.69, 9.17) is 9.47 Å². The number of ether oxygens (including phenoxy) is 2. The molecule has 2 N–H and O–H groups in total. The molecule has 0 bridgehead atoms. The van der Waals surface area contributed by atoms with Crippen LogP contribution in [-0.2, 0) is 17.9 Å². The van der Waals surface area contributed by atoms with Gasteiger partial charge < -0.3 is 20.1 Å². The van der Waals surface area contributed by atoms with Gasteiger partial charge in [-0.3, -0.25) is 4.99 Å². The fraction of sp³-hybridized carbons (Fsp3) is 0.350. The van der Waals surface area contributed by atoms with Crippen molar-refractivity contribution in [2.75, 3.05) is 27.3 Å². The first-order valence-corrected chi connectivity index (χ1v) is 8.51. The first-order chi connectivity index (χ1) is 12.3. The van der Waals surface area contributed by atoms with Gasteiger partial charge in [0.05, 0.1) is 0 Å². The molecule has 142 valence electrons. The van der Waals surface area contributed by atoms with Crippen molar-refractivity contribution in [3.05, 3.63) is 65.7 Å². The molecule has 0 aromatic heterocycles. The summed E-state index contributed by atoms with van der Waals surface area (Å²) in [7, 11) is 3.48. The Morgan fingerprint density at radius 3 is 2.35 bits per heavy atom. The van der Waals surface area contributed by atoms with Crippen molar-refractivity contribution in [3.8, 4) is 5.75 Å². The van der Waals surface area contributed by atoms with Gasteiger partial charge in [0.1, 0.15) is 12.4 Å². The van der Waals surface area contributed by atoms with Gasteiger partial charge in [-0.15, -0.1) is 24.0 Å². The van der Waals surface area contributed by atoms with E-state index in [1.54, 1.807) is 14.2 Å². The SMILES string of the molecule is CN=C(NCCCOC)NCc1ccccc1COc1ccccc1.I. The summed E-state index contributed by atoms with van der Waals surface area (Å²) in [4.78, 5) is 4.25. The lowest BCUT2D eigenvalue weighted by Gasteiger charge is -2.14. The first-order valence-electron chi connectivity index (χ1n) is 8.51. The number of halogens is 1. The summed E-state index contributed by atoms with van der Waals surface area (Å²) in [5.74, 6) is 1.66. The van der Waals surface area contributed by atoms with Gasteiger partial charge in [0.15, 0.2) is 5.96 Å². The zero-order valence-corrected chi connectivity index (χ0v) is 17.7. The Balaban J connectivity index is 0.00000338. The molecular weight excluding hydrogens is 441 g/mol. The molecule has 26 heavy (non-hydrogen) atoms. The van der Waals surface area contributed by atoms with Gasteiger partial charge in [0.25, 0.3) is 0 Å². The maximum absolute atomic E-state index is 5.87. The van der Waals surface area contributed by atoms with Crippen LogP contribution in [-0.4, -0.2) is 33.3 Å². The van der Waals surface area contributed by atoms with Gasteiger partial charge in [-0.2, -0.15) is 0 Å². The van der Waals surface area contributed by atoms with E-state index in [0.717, 1.165) is 36.8 Å². The van der Waals surface area contributed by atoms with Crippen molar-refractivity contribution in [1.82, 2.24) is 10.6 Å². The molecule has 0 heterocycles. The molecule has 2 aromatic rings. The number of rotatable bonds is 9. The Labute approximate surface area is 173 Å². The molecule has 0 aliphatic carbocycles. The van der Waals surface area contributed by atoms with E-state index in [1.807, 2.05) is 42.5 Å². The van der Waals surface area contributed by atoms with Crippen molar-refractivity contribution < 1.29 is 9.47 Å². The monoisotopic (exact) mass is 469 g/mol. The molecular formula is C20H28IN3O2. The van der Waals surface area contributed by atoms with Crippen molar-refractivity contribution in [2.45, 2.75) is 19.6 Å². The van der Waals surface area contributed by atoms with Crippen LogP contribution in [0.15, 0.2) is 59.6 Å². The van der Waals surface area contributed by atoms with E-state index in [1.165, 1.54) is 5.56 Å². The average molecular weight is 469 g/mol. The summed E-state index contributed by atoms with van der Waals surface area (Å²) in [5, 5.41) is 6.62. The van der Waals surface area contributed by atoms with Gasteiger partial charge in [-0.05, 0) is 29.7 Å². The van der Waals surface area contributed by atoms with Crippen molar-refractivity contribution in [2.24, 2.45) is 4.99 Å². The number of guanidine groups is 1. The quantitative estimate of drug-likeness (QED) is 0.255. The highest BCUT2D eigenvalue weighted by Crippen LogP contribution is 2.14. The Kier molecular flexibility index (Phi) is 11.5. The predicted octanol–water partition coefficient (Wildman–Crippen LogP) is 3.59. The van der Waals surface area contributed by atoms with E-state index < -0.39 is 0 Å². The van der Waals surface area contributed by atoms with E-state index in [9.17, 15) is 0 Å². The first kappa shape index (κ1) is 22.2. The molecule has 0 fully saturated rings. The van der Waals surface area contributed by atoms with Crippen LogP contribution in [0.2, 0.25) is 0 Å². The van der Waals surface area contributed by atoms with Gasteiger partial charge in [0.2, 0.25) is 0 Å². The molecule has 0 amide bonds. The van der Waals surface area contributed by atoms with Crippen LogP contribution in [0.5, 0.6) is 5.75 Å². The van der Waals surface area contributed by atoms with E-state index in [2.05, 4.69) is 27.8 Å². The van der Waals surface area contributed by atoms with Crippen LogP contribution < -0.4 is 15.4 Å². The molecule has 2 aromatic carbocycles. The molecule has 5 nitrogen and oxygen atoms in total. The number of nitrogens with one attached hydrogen (secondary N) is 2. The van der Waals surface area contributed by atoms with Crippen LogP contribution in [0.4, 0.5) is 0 Å². The summed E-state index contributed by atoms with van der Waals surface area (Å²) in [6, 6.07) is 18.1. The highest BCUT2D eigenvalue weighted by atomic mass is 127. The van der Waals surface area contributed by atoms with Crippen LogP contribution in [0, 0.1) is 0 Å². The number of hydrogen-bond donors (Lipinski definition) is 2. The molecule has 6 heteroatoms. The smallest absolute Gasteiger partial charge is 0.191 e. The van der Waals surface area contributed by atoms with Crippen molar-refractivity contribution in [3.63, 3.8) is 0 Å². The number of hydrogen-bond acceptors (Lipinski definition) is 3. The number of para-hydroxylation sites is 1. The molecule has 0 unspecified atom stereocenters. The lowest BCUT2D eigenvalue weighted by Crippen LogP contribution is -2.37. The molecule has 0 spiro atoms. The Morgan fingerprint density at radius 1 is 0.962 bits per heavy atom. The second-order valence-corrected chi connectivity index (χ2v) is 5.57. The summed E-state index contributed by atoms with van der Waals surface area (Å²) in [5.41, 5.74) is 2.35. The number of aliphatic imine (C=N–C) groups is 1. The summed E-state index contributed by atoms with van der Waals surface area (Å²) in [6.07, 6.45) is 0.943. The molecule has 0 atom stereocenters. The minimum Gasteiger partial charge on any atom is -0.489 e. The van der Waals surface area contributed by atoms with Crippen LogP contribution in [0.3, 0.4) is 0 Å². The van der Waals surface area contributed by atoms with Gasteiger partial charge in [0, 0.05) is 33.9 Å². The fourth-order valence-corrected chi connectivity index (χ4v) is 2.37. The van der Waals surface area contributed by atoms with Crippen LogP contribution in [0.1, 0.15) is 17.5 Å². The van der Waals surface area contributed by atoms with E-state index >= 15 is 0 Å². The molecule has 0 saturated carbocycles. The Hall–Kier alpha value is -1.80. The fourth-order valence-electron chi connectivity index (χ4n) is 2.37. The highest BCUT2D eigenvalue weighted by molar-refractivity contribution is 14.0. The van der Waals surface area contributed by atoms with Crippen LogP contribution in [0.25, 0.3) is 0 Å². The number of nitrogens with zero attached hydrogens (tertiary/aromatic N) is 1. The lowest BCUT2D eigenvalue weighted by atomic mass is 10.1. The maximum atomic E-state index is 5.87. The number of methoxy groups -OCH3 is 1. The largest absolute Gasteiger partial charge is 0.489 e. The standard InChI is InChI=1S/C20H27N3O2.HI/c1-21-20(22-13-8-14-24-2)23-15-17-9-6-7-10-18(17)16-25-19-11-4-3-5-12-19;/h3-7,9-12H,8,13-16H2,1-2H3,(H2,21,22,23);1H. The van der Waals surface area contributed by atoms with Gasteiger partial charge in [-0.1, -0.05) is 42.5 Å². The second kappa shape index (κ2) is 13.4. The number of benzene rings is 2. The normalized spacial score (nSPS) is 10.8. The molecule has 0 radical (unpaired) electrons. The summed E-state index contributed by atoms with van der Waals surface area (Å²) < 4.78 is 10.9. The van der Waals surface area contributed by atoms with Crippen LogP contribution >= 0.6 is 24.0 Å². The summed E-state index contributed by atoms with van der Waals surface area (Å²) >= 11 is 0. The minimum absolute atomic E-state index is 0. The maximum Gasteiger partial charge on any atom is 0.191 e. The molecule has 2 rings (SSSR count). The van der Waals surface area contributed by atoms with E-state index in [0.29, 0.717) is 13.2 Å². The zero-order valence-electron chi connectivity index (χ0n) is 15.4. The van der Waals surface area contributed by atoms with E-state index in [-0.39, 0.29) is 24.0 Å². The summed E-state index contributed by atoms with van der Waals surface area (Å²) in [6.45, 7) is 2.80. The molecule has 0 aliphatic heterocycles. The lowest BCUT2D eigenvalue weighted by molar-refractivity contribution is 0.195. The van der Waals surface area contributed by atoms with Gasteiger partial charge in [-0.25, -0.2) is 0 Å². The third-order valence-electron chi connectivity index (χ3n) is 3.74. The molecule has 0 aliphatic rings. The topological polar surface area (TPSA) is 54.9 Å². The Bertz CT molecular complexity index is 651. The predicted molar refractivity (Wildman–Crippen MR) is 117 cm³/mol. The second-order valence-electron chi connectivity index (χ2n) is 5.57. The third kappa shape index (κ3) is 8.05.